The van der Waals surface area contributed by atoms with Crippen molar-refractivity contribution in [1.82, 2.24) is 14.7 Å². The minimum atomic E-state index is -0.818. The summed E-state index contributed by atoms with van der Waals surface area (Å²) >= 11 is 0. The molecule has 0 unspecified atom stereocenters. The number of hydrogen-bond acceptors (Lipinski definition) is 4. The van der Waals surface area contributed by atoms with Gasteiger partial charge in [0.15, 0.2) is 0 Å². The molecule has 6 nitrogen and oxygen atoms in total. The molecule has 0 aliphatic carbocycles. The number of piperazine rings is 1. The Morgan fingerprint density at radius 2 is 1.75 bits per heavy atom. The summed E-state index contributed by atoms with van der Waals surface area (Å²) in [5, 5.41) is 9.03. The van der Waals surface area contributed by atoms with E-state index in [0.29, 0.717) is 19.7 Å². The first-order valence-electron chi connectivity index (χ1n) is 8.44. The van der Waals surface area contributed by atoms with Gasteiger partial charge in [-0.15, -0.1) is 0 Å². The molecule has 1 fully saturated rings. The zero-order chi connectivity index (χ0) is 17.7. The van der Waals surface area contributed by atoms with E-state index in [-0.39, 0.29) is 0 Å². The second-order valence-electron chi connectivity index (χ2n) is 6.73. The molecule has 1 aliphatic rings. The molecule has 1 amide bonds. The molecule has 1 saturated heterocycles. The van der Waals surface area contributed by atoms with Crippen LogP contribution in [0.15, 0.2) is 12.1 Å². The van der Waals surface area contributed by atoms with E-state index in [1.54, 1.807) is 0 Å². The van der Waals surface area contributed by atoms with E-state index in [4.69, 9.17) is 9.84 Å². The van der Waals surface area contributed by atoms with Crippen LogP contribution in [-0.4, -0.2) is 79.3 Å². The van der Waals surface area contributed by atoms with Crippen molar-refractivity contribution in [2.24, 2.45) is 0 Å². The van der Waals surface area contributed by atoms with Gasteiger partial charge in [-0.3, -0.25) is 4.90 Å². The van der Waals surface area contributed by atoms with Crippen LogP contribution in [0.5, 0.6) is 5.75 Å². The number of ether oxygens (including phenoxy) is 1. The Bertz CT molecular complexity index is 544. The summed E-state index contributed by atoms with van der Waals surface area (Å²) in [6.07, 6.45) is -0.818. The van der Waals surface area contributed by atoms with Crippen molar-refractivity contribution < 1.29 is 14.6 Å². The van der Waals surface area contributed by atoms with Crippen molar-refractivity contribution in [3.63, 3.8) is 0 Å². The Kier molecular flexibility index (Phi) is 6.45. The molecule has 0 saturated carbocycles. The van der Waals surface area contributed by atoms with Crippen molar-refractivity contribution >= 4 is 6.09 Å². The van der Waals surface area contributed by atoms with Gasteiger partial charge in [0, 0.05) is 39.3 Å². The molecule has 24 heavy (non-hydrogen) atoms. The fourth-order valence-corrected chi connectivity index (χ4v) is 2.95. The van der Waals surface area contributed by atoms with E-state index in [1.165, 1.54) is 21.6 Å². The molecule has 1 aromatic rings. The Hall–Kier alpha value is -1.79. The normalized spacial score (nSPS) is 15.8. The summed E-state index contributed by atoms with van der Waals surface area (Å²) in [7, 11) is 4.07. The van der Waals surface area contributed by atoms with Gasteiger partial charge in [-0.1, -0.05) is 0 Å². The van der Waals surface area contributed by atoms with Crippen molar-refractivity contribution in [1.29, 1.82) is 0 Å². The number of carboxylic acid groups (broad SMARTS) is 1. The Morgan fingerprint density at radius 1 is 1.17 bits per heavy atom. The summed E-state index contributed by atoms with van der Waals surface area (Å²) in [6, 6.07) is 4.21. The topological polar surface area (TPSA) is 56.2 Å². The third-order valence-electron chi connectivity index (χ3n) is 4.50. The zero-order valence-electron chi connectivity index (χ0n) is 15.2. The number of aryl methyl sites for hydroxylation is 2. The van der Waals surface area contributed by atoms with Crippen molar-refractivity contribution in [2.45, 2.75) is 20.4 Å². The van der Waals surface area contributed by atoms with Gasteiger partial charge in [0.25, 0.3) is 0 Å². The molecular weight excluding hydrogens is 306 g/mol. The lowest BCUT2D eigenvalue weighted by Crippen LogP contribution is -2.47. The second kappa shape index (κ2) is 8.35. The monoisotopic (exact) mass is 335 g/mol. The van der Waals surface area contributed by atoms with Crippen LogP contribution < -0.4 is 4.74 Å². The average molecular weight is 335 g/mol. The van der Waals surface area contributed by atoms with Crippen LogP contribution in [0.25, 0.3) is 0 Å². The molecule has 1 N–H and O–H groups in total. The minimum Gasteiger partial charge on any atom is -0.492 e. The SMILES string of the molecule is Cc1cc(OCCN(C)C)cc(C)c1CN1CCN(C(=O)O)CC1. The lowest BCUT2D eigenvalue weighted by atomic mass is 10.0. The number of carbonyl (C=O) groups is 1. The lowest BCUT2D eigenvalue weighted by Gasteiger charge is -2.33. The van der Waals surface area contributed by atoms with Gasteiger partial charge in [-0.05, 0) is 56.8 Å². The predicted molar refractivity (Wildman–Crippen MR) is 94.8 cm³/mol. The van der Waals surface area contributed by atoms with Gasteiger partial charge in [0.05, 0.1) is 0 Å². The maximum atomic E-state index is 11.0. The smallest absolute Gasteiger partial charge is 0.407 e. The Balaban J connectivity index is 1.95. The third kappa shape index (κ3) is 5.11. The van der Waals surface area contributed by atoms with Crippen molar-refractivity contribution in [3.05, 3.63) is 28.8 Å². The lowest BCUT2D eigenvalue weighted by molar-refractivity contribution is 0.103. The second-order valence-corrected chi connectivity index (χ2v) is 6.73. The highest BCUT2D eigenvalue weighted by molar-refractivity contribution is 5.65. The molecule has 0 bridgehead atoms. The van der Waals surface area contributed by atoms with E-state index >= 15 is 0 Å². The van der Waals surface area contributed by atoms with E-state index in [0.717, 1.165) is 31.9 Å². The quantitative estimate of drug-likeness (QED) is 0.862. The van der Waals surface area contributed by atoms with Crippen LogP contribution in [-0.2, 0) is 6.54 Å². The van der Waals surface area contributed by atoms with Gasteiger partial charge in [0.1, 0.15) is 12.4 Å². The summed E-state index contributed by atoms with van der Waals surface area (Å²) in [5.74, 6) is 0.922. The summed E-state index contributed by atoms with van der Waals surface area (Å²) in [5.41, 5.74) is 3.78. The van der Waals surface area contributed by atoms with E-state index in [2.05, 4.69) is 35.8 Å². The van der Waals surface area contributed by atoms with Crippen LogP contribution in [0.3, 0.4) is 0 Å². The highest BCUT2D eigenvalue weighted by Crippen LogP contribution is 2.23. The minimum absolute atomic E-state index is 0.582. The first kappa shape index (κ1) is 18.5. The van der Waals surface area contributed by atoms with Crippen molar-refractivity contribution in [3.8, 4) is 5.75 Å². The standard InChI is InChI=1S/C18H29N3O3/c1-14-11-16(24-10-9-19(3)4)12-15(2)17(14)13-20-5-7-21(8-6-20)18(22)23/h11-12H,5-10,13H2,1-4H3,(H,22,23). The molecule has 0 spiro atoms. The van der Waals surface area contributed by atoms with Gasteiger partial charge >= 0.3 is 6.09 Å². The summed E-state index contributed by atoms with van der Waals surface area (Å²) in [6.45, 7) is 9.42. The molecular formula is C18H29N3O3. The van der Waals surface area contributed by atoms with Gasteiger partial charge in [-0.2, -0.15) is 0 Å². The summed E-state index contributed by atoms with van der Waals surface area (Å²) < 4.78 is 5.84. The first-order chi connectivity index (χ1) is 11.4. The van der Waals surface area contributed by atoms with Crippen molar-refractivity contribution in [2.75, 3.05) is 53.4 Å². The number of amides is 1. The molecule has 1 heterocycles. The number of hydrogen-bond donors (Lipinski definition) is 1. The van der Waals surface area contributed by atoms with Gasteiger partial charge < -0.3 is 19.6 Å². The average Bonchev–Trinajstić information content (AvgIpc) is 2.51. The van der Waals surface area contributed by atoms with Crippen LogP contribution in [0.2, 0.25) is 0 Å². The Morgan fingerprint density at radius 3 is 2.25 bits per heavy atom. The number of benzene rings is 1. The first-order valence-corrected chi connectivity index (χ1v) is 8.44. The maximum Gasteiger partial charge on any atom is 0.407 e. The number of likely N-dealkylation sites (N-methyl/N-ethyl adjacent to an activating group) is 1. The Labute approximate surface area is 144 Å². The fraction of sp³-hybridized carbons (Fsp3) is 0.611. The highest BCUT2D eigenvalue weighted by atomic mass is 16.5. The number of nitrogens with zero attached hydrogens (tertiary/aromatic N) is 3. The van der Waals surface area contributed by atoms with Crippen LogP contribution in [0.1, 0.15) is 16.7 Å². The molecule has 0 aromatic heterocycles. The predicted octanol–water partition coefficient (Wildman–Crippen LogP) is 2.04. The molecule has 1 aliphatic heterocycles. The molecule has 134 valence electrons. The molecule has 6 heteroatoms. The molecule has 0 atom stereocenters. The summed E-state index contributed by atoms with van der Waals surface area (Å²) in [4.78, 5) is 16.9. The third-order valence-corrected chi connectivity index (χ3v) is 4.50. The molecule has 0 radical (unpaired) electrons. The van der Waals surface area contributed by atoms with Crippen LogP contribution in [0, 0.1) is 13.8 Å². The largest absolute Gasteiger partial charge is 0.492 e. The van der Waals surface area contributed by atoms with Gasteiger partial charge in [0.2, 0.25) is 0 Å². The maximum absolute atomic E-state index is 11.0. The number of rotatable bonds is 6. The van der Waals surface area contributed by atoms with Crippen LogP contribution in [0.4, 0.5) is 4.79 Å². The highest BCUT2D eigenvalue weighted by Gasteiger charge is 2.21. The van der Waals surface area contributed by atoms with Gasteiger partial charge in [-0.25, -0.2) is 4.79 Å². The van der Waals surface area contributed by atoms with E-state index in [1.807, 2.05) is 14.1 Å². The molecule has 1 aromatic carbocycles. The zero-order valence-corrected chi connectivity index (χ0v) is 15.2. The molecule has 2 rings (SSSR count). The fourth-order valence-electron chi connectivity index (χ4n) is 2.95. The van der Waals surface area contributed by atoms with E-state index in [9.17, 15) is 4.79 Å². The van der Waals surface area contributed by atoms with Crippen LogP contribution >= 0.6 is 0 Å². The van der Waals surface area contributed by atoms with E-state index < -0.39 is 6.09 Å².